The van der Waals surface area contributed by atoms with Gasteiger partial charge < -0.3 is 10.0 Å². The summed E-state index contributed by atoms with van der Waals surface area (Å²) in [6.45, 7) is 4.01. The average Bonchev–Trinajstić information content (AvgIpc) is 2.43. The number of β-amino-alcohol motifs (C(OH)–C–C–N with tert-alkyl or cyclic N) is 1. The third kappa shape index (κ3) is 6.22. The van der Waals surface area contributed by atoms with Crippen LogP contribution in [0.25, 0.3) is 0 Å². The molecule has 1 aliphatic rings. The highest BCUT2D eigenvalue weighted by atomic mass is 19.4. The second-order valence-electron chi connectivity index (χ2n) is 5.63. The van der Waals surface area contributed by atoms with Crippen molar-refractivity contribution in [1.82, 2.24) is 9.80 Å². The van der Waals surface area contributed by atoms with Crippen molar-refractivity contribution >= 4 is 5.91 Å². The molecule has 0 aromatic heterocycles. The second-order valence-corrected chi connectivity index (χ2v) is 5.63. The number of piperidine rings is 1. The van der Waals surface area contributed by atoms with Crippen LogP contribution in [0, 0.1) is 5.92 Å². The van der Waals surface area contributed by atoms with E-state index >= 15 is 0 Å². The number of alkyl halides is 3. The molecule has 0 aromatic rings. The van der Waals surface area contributed by atoms with Gasteiger partial charge in [-0.3, -0.25) is 9.69 Å². The van der Waals surface area contributed by atoms with E-state index in [9.17, 15) is 23.1 Å². The Labute approximate surface area is 123 Å². The van der Waals surface area contributed by atoms with E-state index in [1.54, 1.807) is 6.92 Å². The minimum Gasteiger partial charge on any atom is -0.392 e. The number of aliphatic hydroxyl groups excluding tert-OH is 1. The van der Waals surface area contributed by atoms with Crippen LogP contribution in [0.3, 0.4) is 0 Å². The van der Waals surface area contributed by atoms with Crippen molar-refractivity contribution in [2.75, 3.05) is 32.7 Å². The Morgan fingerprint density at radius 3 is 2.62 bits per heavy atom. The SMILES string of the molecule is CC[C@@H](O)CN1CCCC(C(=O)N(CC)CC(F)(F)F)C1. The van der Waals surface area contributed by atoms with Crippen LogP contribution in [0.1, 0.15) is 33.1 Å². The summed E-state index contributed by atoms with van der Waals surface area (Å²) in [6, 6.07) is 0. The van der Waals surface area contributed by atoms with E-state index in [0.29, 0.717) is 25.9 Å². The van der Waals surface area contributed by atoms with Crippen LogP contribution in [0.15, 0.2) is 0 Å². The number of nitrogens with zero attached hydrogens (tertiary/aromatic N) is 2. The van der Waals surface area contributed by atoms with Gasteiger partial charge in [0, 0.05) is 19.6 Å². The van der Waals surface area contributed by atoms with Crippen molar-refractivity contribution in [3.8, 4) is 0 Å². The minimum absolute atomic E-state index is 0.0619. The smallest absolute Gasteiger partial charge is 0.392 e. The summed E-state index contributed by atoms with van der Waals surface area (Å²) in [5, 5.41) is 9.66. The molecule has 0 spiro atoms. The fraction of sp³-hybridized carbons (Fsp3) is 0.929. The highest BCUT2D eigenvalue weighted by molar-refractivity contribution is 5.79. The Morgan fingerprint density at radius 1 is 1.43 bits per heavy atom. The minimum atomic E-state index is -4.36. The predicted molar refractivity (Wildman–Crippen MR) is 73.8 cm³/mol. The highest BCUT2D eigenvalue weighted by Gasteiger charge is 2.36. The zero-order valence-corrected chi connectivity index (χ0v) is 12.7. The third-order valence-corrected chi connectivity index (χ3v) is 3.86. The van der Waals surface area contributed by atoms with Gasteiger partial charge in [-0.05, 0) is 32.7 Å². The first-order valence-corrected chi connectivity index (χ1v) is 7.52. The molecule has 1 heterocycles. The number of carbonyl (C=O) groups excluding carboxylic acids is 1. The lowest BCUT2D eigenvalue weighted by Gasteiger charge is -2.35. The molecule has 0 saturated carbocycles. The van der Waals surface area contributed by atoms with Crippen molar-refractivity contribution in [2.45, 2.75) is 45.4 Å². The van der Waals surface area contributed by atoms with Crippen LogP contribution >= 0.6 is 0 Å². The van der Waals surface area contributed by atoms with E-state index in [1.807, 2.05) is 11.8 Å². The van der Waals surface area contributed by atoms with Crippen molar-refractivity contribution in [3.63, 3.8) is 0 Å². The first kappa shape index (κ1) is 18.2. The average molecular weight is 310 g/mol. The van der Waals surface area contributed by atoms with E-state index in [-0.39, 0.29) is 6.54 Å². The number of amides is 1. The summed E-state index contributed by atoms with van der Waals surface area (Å²) in [5.41, 5.74) is 0. The van der Waals surface area contributed by atoms with Gasteiger partial charge in [0.1, 0.15) is 6.54 Å². The molecule has 21 heavy (non-hydrogen) atoms. The van der Waals surface area contributed by atoms with E-state index in [0.717, 1.165) is 17.9 Å². The van der Waals surface area contributed by atoms with Crippen molar-refractivity contribution in [1.29, 1.82) is 0 Å². The van der Waals surface area contributed by atoms with Gasteiger partial charge in [-0.2, -0.15) is 13.2 Å². The second kappa shape index (κ2) is 7.98. The summed E-state index contributed by atoms with van der Waals surface area (Å²) in [5.74, 6) is -0.824. The Bertz CT molecular complexity index is 337. The zero-order valence-electron chi connectivity index (χ0n) is 12.7. The molecule has 1 fully saturated rings. The lowest BCUT2D eigenvalue weighted by molar-refractivity contribution is -0.164. The summed E-state index contributed by atoms with van der Waals surface area (Å²) in [6.07, 6.45) is -2.79. The van der Waals surface area contributed by atoms with Gasteiger partial charge in [-0.15, -0.1) is 0 Å². The van der Waals surface area contributed by atoms with E-state index < -0.39 is 30.7 Å². The van der Waals surface area contributed by atoms with Gasteiger partial charge in [0.15, 0.2) is 0 Å². The molecule has 1 N–H and O–H groups in total. The van der Waals surface area contributed by atoms with Gasteiger partial charge in [-0.1, -0.05) is 6.92 Å². The first-order valence-electron chi connectivity index (χ1n) is 7.52. The van der Waals surface area contributed by atoms with Crippen LogP contribution < -0.4 is 0 Å². The largest absolute Gasteiger partial charge is 0.406 e. The Kier molecular flexibility index (Phi) is 6.93. The Balaban J connectivity index is 2.59. The van der Waals surface area contributed by atoms with Gasteiger partial charge >= 0.3 is 6.18 Å². The molecule has 1 rings (SSSR count). The molecule has 1 aliphatic heterocycles. The van der Waals surface area contributed by atoms with Crippen LogP contribution in [0.2, 0.25) is 0 Å². The fourth-order valence-corrected chi connectivity index (χ4v) is 2.67. The number of hydrogen-bond acceptors (Lipinski definition) is 3. The van der Waals surface area contributed by atoms with E-state index in [1.165, 1.54) is 0 Å². The summed E-state index contributed by atoms with van der Waals surface area (Å²) < 4.78 is 37.4. The number of aliphatic hydroxyl groups is 1. The lowest BCUT2D eigenvalue weighted by atomic mass is 9.96. The molecular formula is C14H25F3N2O2. The molecule has 0 radical (unpaired) electrons. The highest BCUT2D eigenvalue weighted by Crippen LogP contribution is 2.22. The third-order valence-electron chi connectivity index (χ3n) is 3.86. The fourth-order valence-electron chi connectivity index (χ4n) is 2.67. The van der Waals surface area contributed by atoms with E-state index in [4.69, 9.17) is 0 Å². The van der Waals surface area contributed by atoms with Gasteiger partial charge in [0.2, 0.25) is 5.91 Å². The van der Waals surface area contributed by atoms with Gasteiger partial charge in [-0.25, -0.2) is 0 Å². The molecule has 1 amide bonds. The molecular weight excluding hydrogens is 285 g/mol. The topological polar surface area (TPSA) is 43.8 Å². The van der Waals surface area contributed by atoms with Gasteiger partial charge in [0.25, 0.3) is 0 Å². The maximum absolute atomic E-state index is 12.5. The van der Waals surface area contributed by atoms with Crippen LogP contribution in [0.5, 0.6) is 0 Å². The van der Waals surface area contributed by atoms with Crippen LogP contribution in [-0.4, -0.2) is 65.8 Å². The van der Waals surface area contributed by atoms with Crippen molar-refractivity contribution in [3.05, 3.63) is 0 Å². The standard InChI is InChI=1S/C14H25F3N2O2/c1-3-12(20)9-18-7-5-6-11(8-18)13(21)19(4-2)10-14(15,16)17/h11-12,20H,3-10H2,1-2H3/t11?,12-/m1/s1. The normalized spacial score (nSPS) is 22.1. The van der Waals surface area contributed by atoms with Crippen LogP contribution in [0.4, 0.5) is 13.2 Å². The van der Waals surface area contributed by atoms with Crippen LogP contribution in [-0.2, 0) is 4.79 Å². The molecule has 0 aromatic carbocycles. The first-order chi connectivity index (χ1) is 9.76. The Morgan fingerprint density at radius 2 is 2.10 bits per heavy atom. The molecule has 0 bridgehead atoms. The molecule has 1 unspecified atom stereocenters. The molecule has 124 valence electrons. The number of carbonyl (C=O) groups is 1. The summed E-state index contributed by atoms with van der Waals surface area (Å²) >= 11 is 0. The van der Waals surface area contributed by atoms with Gasteiger partial charge in [0.05, 0.1) is 12.0 Å². The Hall–Kier alpha value is -0.820. The number of rotatable bonds is 6. The maximum Gasteiger partial charge on any atom is 0.406 e. The quantitative estimate of drug-likeness (QED) is 0.815. The molecule has 7 heteroatoms. The molecule has 1 saturated heterocycles. The summed E-state index contributed by atoms with van der Waals surface area (Å²) in [4.78, 5) is 15.1. The predicted octanol–water partition coefficient (Wildman–Crippen LogP) is 1.88. The molecule has 2 atom stereocenters. The number of hydrogen-bond donors (Lipinski definition) is 1. The summed E-state index contributed by atoms with van der Waals surface area (Å²) in [7, 11) is 0. The van der Waals surface area contributed by atoms with E-state index in [2.05, 4.69) is 0 Å². The lowest BCUT2D eigenvalue weighted by Crippen LogP contribution is -2.48. The molecule has 0 aliphatic carbocycles. The monoisotopic (exact) mass is 310 g/mol. The zero-order chi connectivity index (χ0) is 16.0. The number of halogens is 3. The molecule has 4 nitrogen and oxygen atoms in total. The van der Waals surface area contributed by atoms with Crippen molar-refractivity contribution in [2.24, 2.45) is 5.92 Å². The maximum atomic E-state index is 12.5. The van der Waals surface area contributed by atoms with Crippen molar-refractivity contribution < 1.29 is 23.1 Å². The number of likely N-dealkylation sites (tertiary alicyclic amines) is 1.